The maximum Gasteiger partial charge on any atom is 0.232 e. The van der Waals surface area contributed by atoms with E-state index in [1.807, 2.05) is 18.2 Å². The third-order valence-electron chi connectivity index (χ3n) is 7.37. The lowest BCUT2D eigenvalue weighted by atomic mass is 9.49. The Kier molecular flexibility index (Phi) is 3.51. The van der Waals surface area contributed by atoms with Crippen LogP contribution in [0.1, 0.15) is 63.9 Å². The zero-order valence-corrected chi connectivity index (χ0v) is 15.7. The first-order chi connectivity index (χ1) is 12.4. The second-order valence-corrected chi connectivity index (χ2v) is 9.66. The van der Waals surface area contributed by atoms with E-state index in [0.717, 1.165) is 54.0 Å². The summed E-state index contributed by atoms with van der Waals surface area (Å²) in [5.74, 6) is 2.69. The van der Waals surface area contributed by atoms with Crippen molar-refractivity contribution in [2.45, 2.75) is 58.3 Å². The van der Waals surface area contributed by atoms with Gasteiger partial charge in [0.2, 0.25) is 11.8 Å². The van der Waals surface area contributed by atoms with Crippen LogP contribution in [0.25, 0.3) is 0 Å². The molecule has 0 saturated heterocycles. The topological polar surface area (TPSA) is 58.2 Å². The van der Waals surface area contributed by atoms with Gasteiger partial charge in [-0.2, -0.15) is 0 Å². The van der Waals surface area contributed by atoms with Gasteiger partial charge >= 0.3 is 0 Å². The molecule has 4 aliphatic carbocycles. The quantitative estimate of drug-likeness (QED) is 0.839. The van der Waals surface area contributed by atoms with Crippen LogP contribution in [0.4, 0.5) is 11.4 Å². The van der Waals surface area contributed by atoms with Crippen LogP contribution >= 0.6 is 0 Å². The predicted octanol–water partition coefficient (Wildman–Crippen LogP) is 4.53. The molecule has 1 atom stereocenters. The molecule has 0 spiro atoms. The number of hydrogen-bond donors (Lipinski definition) is 2. The number of rotatable bonds is 3. The number of amides is 2. The Bertz CT molecular complexity index is 747. The van der Waals surface area contributed by atoms with Gasteiger partial charge < -0.3 is 10.6 Å². The van der Waals surface area contributed by atoms with E-state index in [-0.39, 0.29) is 29.1 Å². The van der Waals surface area contributed by atoms with Gasteiger partial charge in [0.15, 0.2) is 0 Å². The Hall–Kier alpha value is -1.84. The summed E-state index contributed by atoms with van der Waals surface area (Å²) >= 11 is 0. The van der Waals surface area contributed by atoms with E-state index < -0.39 is 0 Å². The summed E-state index contributed by atoms with van der Waals surface area (Å²) in [6.45, 7) is 4.14. The standard InChI is InChI=1S/C22H28N2O2/c1-12(2)19-17-8-16(3-4-18(17)24-20(19)25)23-21(26)22-9-13-5-14(10-22)7-15(6-13)11-22/h3-4,8,12-15,19H,5-7,9-11H2,1-2H3,(H,23,26)(H,24,25). The molecule has 1 aliphatic heterocycles. The first kappa shape index (κ1) is 16.3. The molecule has 138 valence electrons. The summed E-state index contributed by atoms with van der Waals surface area (Å²) in [4.78, 5) is 25.5. The Balaban J connectivity index is 1.39. The molecule has 1 aromatic rings. The molecule has 4 nitrogen and oxygen atoms in total. The Morgan fingerprint density at radius 1 is 1.12 bits per heavy atom. The van der Waals surface area contributed by atoms with Crippen LogP contribution in [0, 0.1) is 29.1 Å². The van der Waals surface area contributed by atoms with Gasteiger partial charge in [-0.25, -0.2) is 0 Å². The fourth-order valence-corrected chi connectivity index (χ4v) is 6.68. The minimum absolute atomic E-state index is 0.0690. The normalized spacial score (nSPS) is 37.0. The first-order valence-corrected chi connectivity index (χ1v) is 10.2. The number of fused-ring (bicyclic) bond motifs is 1. The van der Waals surface area contributed by atoms with Gasteiger partial charge in [0.05, 0.1) is 11.3 Å². The number of hydrogen-bond acceptors (Lipinski definition) is 2. The van der Waals surface area contributed by atoms with E-state index in [9.17, 15) is 9.59 Å². The third-order valence-corrected chi connectivity index (χ3v) is 7.37. The van der Waals surface area contributed by atoms with Crippen LogP contribution in [-0.2, 0) is 9.59 Å². The zero-order chi connectivity index (χ0) is 18.1. The SMILES string of the molecule is CC(C)C1C(=O)Nc2ccc(NC(=O)C34CC5CC(CC(C5)C3)C4)cc21. The van der Waals surface area contributed by atoms with Gasteiger partial charge in [-0.05, 0) is 86.0 Å². The van der Waals surface area contributed by atoms with Gasteiger partial charge in [-0.3, -0.25) is 9.59 Å². The Labute approximate surface area is 155 Å². The average molecular weight is 352 g/mol. The summed E-state index contributed by atoms with van der Waals surface area (Å²) in [7, 11) is 0. The van der Waals surface area contributed by atoms with E-state index >= 15 is 0 Å². The molecule has 1 aromatic carbocycles. The largest absolute Gasteiger partial charge is 0.326 e. The summed E-state index contributed by atoms with van der Waals surface area (Å²) in [5, 5.41) is 6.19. The molecule has 4 saturated carbocycles. The highest BCUT2D eigenvalue weighted by Gasteiger charge is 2.54. The van der Waals surface area contributed by atoms with Gasteiger partial charge in [-0.15, -0.1) is 0 Å². The van der Waals surface area contributed by atoms with Gasteiger partial charge in [-0.1, -0.05) is 13.8 Å². The number of carbonyl (C=O) groups excluding carboxylic acids is 2. The van der Waals surface area contributed by atoms with Crippen LogP contribution in [0.5, 0.6) is 0 Å². The molecule has 6 rings (SSSR count). The zero-order valence-electron chi connectivity index (χ0n) is 15.7. The number of carbonyl (C=O) groups is 2. The molecule has 5 aliphatic rings. The first-order valence-electron chi connectivity index (χ1n) is 10.2. The van der Waals surface area contributed by atoms with Crippen LogP contribution < -0.4 is 10.6 Å². The molecule has 1 unspecified atom stereocenters. The van der Waals surface area contributed by atoms with Crippen molar-refractivity contribution in [3.05, 3.63) is 23.8 Å². The van der Waals surface area contributed by atoms with Crippen molar-refractivity contribution in [2.75, 3.05) is 10.6 Å². The maximum atomic E-state index is 13.3. The van der Waals surface area contributed by atoms with Crippen LogP contribution in [0.2, 0.25) is 0 Å². The van der Waals surface area contributed by atoms with Crippen molar-refractivity contribution in [3.63, 3.8) is 0 Å². The van der Waals surface area contributed by atoms with Crippen LogP contribution in [0.3, 0.4) is 0 Å². The van der Waals surface area contributed by atoms with Crippen molar-refractivity contribution >= 4 is 23.2 Å². The van der Waals surface area contributed by atoms with Crippen molar-refractivity contribution in [1.82, 2.24) is 0 Å². The van der Waals surface area contributed by atoms with E-state index in [1.165, 1.54) is 19.3 Å². The molecular formula is C22H28N2O2. The van der Waals surface area contributed by atoms with E-state index in [4.69, 9.17) is 0 Å². The molecular weight excluding hydrogens is 324 g/mol. The maximum absolute atomic E-state index is 13.3. The Morgan fingerprint density at radius 3 is 2.31 bits per heavy atom. The molecule has 4 bridgehead atoms. The number of anilines is 2. The van der Waals surface area contributed by atoms with Crippen molar-refractivity contribution < 1.29 is 9.59 Å². The molecule has 0 radical (unpaired) electrons. The monoisotopic (exact) mass is 352 g/mol. The van der Waals surface area contributed by atoms with Gasteiger partial charge in [0, 0.05) is 11.4 Å². The van der Waals surface area contributed by atoms with Crippen molar-refractivity contribution in [1.29, 1.82) is 0 Å². The van der Waals surface area contributed by atoms with Crippen LogP contribution in [-0.4, -0.2) is 11.8 Å². The molecule has 4 fully saturated rings. The fraction of sp³-hybridized carbons (Fsp3) is 0.636. The lowest BCUT2D eigenvalue weighted by Crippen LogP contribution is -2.51. The fourth-order valence-electron chi connectivity index (χ4n) is 6.68. The highest BCUT2D eigenvalue weighted by molar-refractivity contribution is 6.04. The minimum atomic E-state index is -0.140. The number of benzene rings is 1. The summed E-state index contributed by atoms with van der Waals surface area (Å²) in [6, 6.07) is 5.88. The second kappa shape index (κ2) is 5.58. The lowest BCUT2D eigenvalue weighted by molar-refractivity contribution is -0.140. The van der Waals surface area contributed by atoms with Gasteiger partial charge in [0.1, 0.15) is 0 Å². The highest BCUT2D eigenvalue weighted by atomic mass is 16.2. The lowest BCUT2D eigenvalue weighted by Gasteiger charge is -2.55. The number of nitrogens with one attached hydrogen (secondary N) is 2. The molecule has 26 heavy (non-hydrogen) atoms. The smallest absolute Gasteiger partial charge is 0.232 e. The minimum Gasteiger partial charge on any atom is -0.326 e. The molecule has 1 heterocycles. The summed E-state index contributed by atoms with van der Waals surface area (Å²) in [6.07, 6.45) is 7.25. The molecule has 2 N–H and O–H groups in total. The Morgan fingerprint density at radius 2 is 1.73 bits per heavy atom. The van der Waals surface area contributed by atoms with Crippen molar-refractivity contribution in [2.24, 2.45) is 29.1 Å². The highest BCUT2D eigenvalue weighted by Crippen LogP contribution is 2.60. The summed E-state index contributed by atoms with van der Waals surface area (Å²) < 4.78 is 0. The van der Waals surface area contributed by atoms with Crippen molar-refractivity contribution in [3.8, 4) is 0 Å². The van der Waals surface area contributed by atoms with Crippen LogP contribution in [0.15, 0.2) is 18.2 Å². The predicted molar refractivity (Wildman–Crippen MR) is 102 cm³/mol. The van der Waals surface area contributed by atoms with Gasteiger partial charge in [0.25, 0.3) is 0 Å². The molecule has 4 heteroatoms. The second-order valence-electron chi connectivity index (χ2n) is 9.66. The summed E-state index contributed by atoms with van der Waals surface area (Å²) in [5.41, 5.74) is 2.61. The molecule has 2 amide bonds. The third kappa shape index (κ3) is 2.41. The molecule has 0 aromatic heterocycles. The van der Waals surface area contributed by atoms with E-state index in [0.29, 0.717) is 0 Å². The van der Waals surface area contributed by atoms with E-state index in [2.05, 4.69) is 24.5 Å². The average Bonchev–Trinajstić information content (AvgIpc) is 2.88. The van der Waals surface area contributed by atoms with E-state index in [1.54, 1.807) is 0 Å².